The number of rotatable bonds is 11. The van der Waals surface area contributed by atoms with Crippen molar-refractivity contribution in [2.45, 2.75) is 17.4 Å². The van der Waals surface area contributed by atoms with Gasteiger partial charge < -0.3 is 0 Å². The summed E-state index contributed by atoms with van der Waals surface area (Å²) in [5.74, 6) is 3.36. The normalized spacial score (nSPS) is 11.7. The largest absolute Gasteiger partial charge is 0.248 e. The summed E-state index contributed by atoms with van der Waals surface area (Å²) in [5, 5.41) is 30.0. The molecule has 0 aliphatic heterocycles. The Kier molecular flexibility index (Phi) is 8.21. The van der Waals surface area contributed by atoms with Crippen LogP contribution in [-0.4, -0.2) is 57.7 Å². The lowest BCUT2D eigenvalue weighted by atomic mass is 10.1. The summed E-state index contributed by atoms with van der Waals surface area (Å²) in [6, 6.07) is 18.4. The second-order valence-electron chi connectivity index (χ2n) is 7.85. The van der Waals surface area contributed by atoms with Crippen LogP contribution in [0.25, 0.3) is 23.1 Å². The third-order valence-electron chi connectivity index (χ3n) is 5.30. The predicted molar refractivity (Wildman–Crippen MR) is 146 cm³/mol. The number of hydrogen-bond acceptors (Lipinski definition) is 9. The van der Waals surface area contributed by atoms with E-state index >= 15 is 0 Å². The van der Waals surface area contributed by atoms with Crippen LogP contribution in [0.15, 0.2) is 54.6 Å². The number of fused-ring (bicyclic) bond motifs is 1. The highest BCUT2D eigenvalue weighted by Crippen LogP contribution is 2.40. The van der Waals surface area contributed by atoms with E-state index < -0.39 is 0 Å². The van der Waals surface area contributed by atoms with E-state index in [0.29, 0.717) is 5.02 Å². The number of nitrogens with one attached hydrogen (secondary N) is 2. The van der Waals surface area contributed by atoms with Crippen LogP contribution in [0.1, 0.15) is 33.1 Å². The Labute approximate surface area is 220 Å². The monoisotopic (exact) mass is 535 g/mol. The number of tetrazole rings is 2. The Morgan fingerprint density at radius 1 is 0.833 bits per heavy atom. The Balaban J connectivity index is 1.29. The molecule has 0 amide bonds. The number of aryl methyl sites for hydroxylation is 2. The molecule has 9 nitrogen and oxygen atoms in total. The Hall–Kier alpha value is -3.28. The van der Waals surface area contributed by atoms with Gasteiger partial charge in [-0.25, -0.2) is 15.2 Å². The summed E-state index contributed by atoms with van der Waals surface area (Å²) < 4.78 is 0.242. The van der Waals surface area contributed by atoms with Gasteiger partial charge in [-0.15, -0.1) is 33.7 Å². The average molecular weight is 536 g/mol. The van der Waals surface area contributed by atoms with Crippen molar-refractivity contribution in [3.8, 4) is 0 Å². The van der Waals surface area contributed by atoms with Crippen molar-refractivity contribution >= 4 is 58.2 Å². The molecule has 5 aromatic rings. The highest BCUT2D eigenvalue weighted by Gasteiger charge is 2.14. The average Bonchev–Trinajstić information content (AvgIpc) is 3.61. The number of aromatic nitrogens is 9. The maximum Gasteiger partial charge on any atom is 0.149 e. The van der Waals surface area contributed by atoms with E-state index in [1.54, 1.807) is 0 Å². The van der Waals surface area contributed by atoms with E-state index in [9.17, 15) is 0 Å². The van der Waals surface area contributed by atoms with E-state index in [0.717, 1.165) is 58.2 Å². The van der Waals surface area contributed by atoms with Crippen molar-refractivity contribution in [1.29, 1.82) is 0 Å². The van der Waals surface area contributed by atoms with E-state index in [4.69, 9.17) is 16.6 Å². The predicted octanol–water partition coefficient (Wildman–Crippen LogP) is 5.04. The minimum Gasteiger partial charge on any atom is -0.248 e. The molecule has 3 heterocycles. The molecular weight excluding hydrogens is 514 g/mol. The smallest absolute Gasteiger partial charge is 0.149 e. The summed E-state index contributed by atoms with van der Waals surface area (Å²) in [6.07, 6.45) is 5.67. The molecule has 0 saturated heterocycles. The fraction of sp³-hybridized carbons (Fsp3) is 0.208. The third-order valence-corrected chi connectivity index (χ3v) is 8.38. The van der Waals surface area contributed by atoms with E-state index in [-0.39, 0.29) is 4.58 Å². The lowest BCUT2D eigenvalue weighted by Crippen LogP contribution is -1.99. The lowest BCUT2D eigenvalue weighted by molar-refractivity contribution is 0.881. The summed E-state index contributed by atoms with van der Waals surface area (Å²) in [4.78, 5) is 4.72. The van der Waals surface area contributed by atoms with Crippen LogP contribution in [0.3, 0.4) is 0 Å². The van der Waals surface area contributed by atoms with Crippen LogP contribution in [-0.2, 0) is 12.8 Å². The van der Waals surface area contributed by atoms with Crippen molar-refractivity contribution in [1.82, 2.24) is 46.2 Å². The number of aromatic amines is 2. The zero-order valence-electron chi connectivity index (χ0n) is 19.1. The van der Waals surface area contributed by atoms with Crippen LogP contribution >= 0.6 is 35.1 Å². The second-order valence-corrected chi connectivity index (χ2v) is 11.0. The van der Waals surface area contributed by atoms with Crippen molar-refractivity contribution in [3.05, 3.63) is 88.1 Å². The Morgan fingerprint density at radius 2 is 1.56 bits per heavy atom. The first-order valence-corrected chi connectivity index (χ1v) is 13.7. The molecule has 0 spiro atoms. The van der Waals surface area contributed by atoms with E-state index in [1.807, 2.05) is 53.9 Å². The summed E-state index contributed by atoms with van der Waals surface area (Å²) in [7, 11) is 0. The number of thioether (sulfide) groups is 2. The minimum atomic E-state index is 0.242. The number of halogens is 1. The fourth-order valence-electron chi connectivity index (χ4n) is 3.53. The molecule has 182 valence electrons. The van der Waals surface area contributed by atoms with Crippen LogP contribution in [0, 0.1) is 0 Å². The molecule has 0 radical (unpaired) electrons. The summed E-state index contributed by atoms with van der Waals surface area (Å²) >= 11 is 9.88. The van der Waals surface area contributed by atoms with Crippen LogP contribution in [0.5, 0.6) is 0 Å². The van der Waals surface area contributed by atoms with Crippen molar-refractivity contribution < 1.29 is 0 Å². The maximum atomic E-state index is 6.14. The van der Waals surface area contributed by atoms with Gasteiger partial charge in [-0.05, 0) is 62.3 Å². The molecule has 0 saturated carbocycles. The second kappa shape index (κ2) is 12.1. The van der Waals surface area contributed by atoms with Gasteiger partial charge >= 0.3 is 0 Å². The molecule has 2 aromatic carbocycles. The minimum absolute atomic E-state index is 0.242. The topological polar surface area (TPSA) is 122 Å². The number of hydrogen-bond donors (Lipinski definition) is 2. The quantitative estimate of drug-likeness (QED) is 0.224. The Bertz CT molecular complexity index is 1380. The molecule has 0 fully saturated rings. The van der Waals surface area contributed by atoms with Gasteiger partial charge in [0, 0.05) is 34.8 Å². The Morgan fingerprint density at radius 3 is 2.25 bits per heavy atom. The first-order valence-electron chi connectivity index (χ1n) is 11.3. The standard InChI is InChI=1S/C24H22ClN9S2/c25-19-7-5-17-6-9-20(26-21(17)15-19)8-4-16-2-1-3-18(14-16)24(35-12-10-22-27-31-32-28-22)36-13-11-23-29-33-34-30-23/h1-9,14-15,24H,10-13H2,(H,27,28,31,32)(H,29,30,33,34)/b8-4+. The molecule has 5 rings (SSSR count). The number of benzene rings is 2. The van der Waals surface area contributed by atoms with Gasteiger partial charge in [0.1, 0.15) is 11.6 Å². The van der Waals surface area contributed by atoms with E-state index in [1.165, 1.54) is 5.56 Å². The fourth-order valence-corrected chi connectivity index (χ4v) is 6.38. The SMILES string of the molecule is Clc1ccc2ccc(/C=C/c3cccc(C(SCCc4nnn[nH]4)SCCc4nnn[nH]4)c3)nc2c1. The van der Waals surface area contributed by atoms with E-state index in [2.05, 4.69) is 77.7 Å². The van der Waals surface area contributed by atoms with Crippen LogP contribution in [0.4, 0.5) is 0 Å². The zero-order valence-corrected chi connectivity index (χ0v) is 21.5. The summed E-state index contributed by atoms with van der Waals surface area (Å²) in [5.41, 5.74) is 4.13. The van der Waals surface area contributed by atoms with Crippen LogP contribution in [0.2, 0.25) is 5.02 Å². The van der Waals surface area contributed by atoms with Gasteiger partial charge in [-0.3, -0.25) is 0 Å². The highest BCUT2D eigenvalue weighted by molar-refractivity contribution is 8.16. The maximum absolute atomic E-state index is 6.14. The van der Waals surface area contributed by atoms with Gasteiger partial charge in [0.15, 0.2) is 0 Å². The van der Waals surface area contributed by atoms with Gasteiger partial charge in [-0.2, -0.15) is 0 Å². The van der Waals surface area contributed by atoms with Crippen molar-refractivity contribution in [3.63, 3.8) is 0 Å². The molecule has 0 aliphatic carbocycles. The van der Waals surface area contributed by atoms with Gasteiger partial charge in [0.2, 0.25) is 0 Å². The first kappa shape index (κ1) is 24.4. The van der Waals surface area contributed by atoms with Gasteiger partial charge in [-0.1, -0.05) is 48.0 Å². The molecule has 0 aliphatic rings. The summed E-state index contributed by atoms with van der Waals surface area (Å²) in [6.45, 7) is 0. The molecule has 0 bridgehead atoms. The van der Waals surface area contributed by atoms with Crippen LogP contribution < -0.4 is 0 Å². The molecule has 0 unspecified atom stereocenters. The zero-order chi connectivity index (χ0) is 24.6. The van der Waals surface area contributed by atoms with Gasteiger partial charge in [0.25, 0.3) is 0 Å². The molecule has 12 heteroatoms. The third kappa shape index (κ3) is 6.68. The number of pyridine rings is 1. The highest BCUT2D eigenvalue weighted by atomic mass is 35.5. The molecule has 3 aromatic heterocycles. The molecular formula is C24H22ClN9S2. The molecule has 2 N–H and O–H groups in total. The molecule has 36 heavy (non-hydrogen) atoms. The first-order chi connectivity index (χ1) is 17.7. The number of nitrogens with zero attached hydrogens (tertiary/aromatic N) is 7. The van der Waals surface area contributed by atoms with Crippen molar-refractivity contribution in [2.24, 2.45) is 0 Å². The number of H-pyrrole nitrogens is 2. The lowest BCUT2D eigenvalue weighted by Gasteiger charge is -2.17. The molecule has 0 atom stereocenters. The van der Waals surface area contributed by atoms with Crippen molar-refractivity contribution in [2.75, 3.05) is 11.5 Å². The van der Waals surface area contributed by atoms with Gasteiger partial charge in [0.05, 0.1) is 15.8 Å².